The number of benzene rings is 1. The number of hydrogen-bond donors (Lipinski definition) is 2. The normalized spacial score (nSPS) is 23.3. The third-order valence-electron chi connectivity index (χ3n) is 7.32. The van der Waals surface area contributed by atoms with Crippen LogP contribution < -0.4 is 10.2 Å². The number of alkyl halides is 3. The van der Waals surface area contributed by atoms with Crippen LogP contribution in [0.15, 0.2) is 30.5 Å². The van der Waals surface area contributed by atoms with Gasteiger partial charge in [-0.1, -0.05) is 6.07 Å². The molecular weight excluding hydrogens is 489 g/mol. The predicted octanol–water partition coefficient (Wildman–Crippen LogP) is 1.73. The average Bonchev–Trinajstić information content (AvgIpc) is 3.22. The van der Waals surface area contributed by atoms with E-state index in [4.69, 9.17) is 4.98 Å². The first-order chi connectivity index (χ1) is 17.7. The van der Waals surface area contributed by atoms with Crippen LogP contribution in [0.3, 0.4) is 0 Å². The first-order valence-electron chi connectivity index (χ1n) is 12.3. The Morgan fingerprint density at radius 3 is 2.62 bits per heavy atom. The lowest BCUT2D eigenvalue weighted by Crippen LogP contribution is -2.65. The SMILES string of the molecule is CN1CCN(C2CN(c3nc(N[C@H]4C[C@@H](O)C4)nc4c3cnn4-c3cccc(C(F)(F)F)c3)C2)C(=O)C1. The number of aromatic nitrogens is 4. The van der Waals surface area contributed by atoms with Gasteiger partial charge in [-0.05, 0) is 38.1 Å². The number of nitrogens with one attached hydrogen (secondary N) is 1. The van der Waals surface area contributed by atoms with Crippen molar-refractivity contribution in [3.8, 4) is 5.69 Å². The van der Waals surface area contributed by atoms with E-state index in [1.165, 1.54) is 10.7 Å². The van der Waals surface area contributed by atoms with Crippen LogP contribution in [-0.2, 0) is 11.0 Å². The van der Waals surface area contributed by atoms with Crippen LogP contribution in [-0.4, -0.2) is 98.5 Å². The number of rotatable bonds is 5. The van der Waals surface area contributed by atoms with Crippen LogP contribution in [0.5, 0.6) is 0 Å². The highest BCUT2D eigenvalue weighted by Gasteiger charge is 2.38. The first-order valence-corrected chi connectivity index (χ1v) is 12.3. The summed E-state index contributed by atoms with van der Waals surface area (Å²) in [6.07, 6.45) is -2.14. The van der Waals surface area contributed by atoms with Gasteiger partial charge in [0, 0.05) is 32.2 Å². The Bertz CT molecular complexity index is 1330. The highest BCUT2D eigenvalue weighted by molar-refractivity contribution is 5.90. The second-order valence-corrected chi connectivity index (χ2v) is 10.1. The van der Waals surface area contributed by atoms with E-state index in [0.717, 1.165) is 18.7 Å². The molecule has 10 nitrogen and oxygen atoms in total. The number of halogens is 3. The Balaban J connectivity index is 1.33. The maximum absolute atomic E-state index is 13.3. The van der Waals surface area contributed by atoms with E-state index in [2.05, 4.69) is 15.4 Å². The zero-order valence-corrected chi connectivity index (χ0v) is 20.2. The summed E-state index contributed by atoms with van der Waals surface area (Å²) in [5.41, 5.74) is -0.151. The summed E-state index contributed by atoms with van der Waals surface area (Å²) in [5, 5.41) is 17.9. The van der Waals surface area contributed by atoms with Crippen LogP contribution in [0.1, 0.15) is 18.4 Å². The second-order valence-electron chi connectivity index (χ2n) is 10.1. The van der Waals surface area contributed by atoms with Crippen molar-refractivity contribution in [2.75, 3.05) is 50.0 Å². The molecule has 0 bridgehead atoms. The molecule has 1 aromatic carbocycles. The number of fused-ring (bicyclic) bond motifs is 1. The van der Waals surface area contributed by atoms with E-state index in [1.807, 2.05) is 21.7 Å². The topological polar surface area (TPSA) is 103 Å². The average molecular weight is 517 g/mol. The van der Waals surface area contributed by atoms with Gasteiger partial charge in [0.2, 0.25) is 11.9 Å². The third-order valence-corrected chi connectivity index (χ3v) is 7.32. The van der Waals surface area contributed by atoms with Gasteiger partial charge >= 0.3 is 6.18 Å². The van der Waals surface area contributed by atoms with Crippen molar-refractivity contribution in [3.63, 3.8) is 0 Å². The highest BCUT2D eigenvalue weighted by atomic mass is 19.4. The minimum Gasteiger partial charge on any atom is -0.393 e. The highest BCUT2D eigenvalue weighted by Crippen LogP contribution is 2.34. The van der Waals surface area contributed by atoms with Gasteiger partial charge in [-0.3, -0.25) is 9.69 Å². The Labute approximate surface area is 210 Å². The Morgan fingerprint density at radius 1 is 1.14 bits per heavy atom. The van der Waals surface area contributed by atoms with Crippen molar-refractivity contribution in [2.24, 2.45) is 0 Å². The first kappa shape index (κ1) is 23.9. The molecule has 2 aromatic heterocycles. The number of hydrogen-bond acceptors (Lipinski definition) is 8. The molecule has 1 saturated carbocycles. The van der Waals surface area contributed by atoms with Gasteiger partial charge in [0.1, 0.15) is 5.82 Å². The number of amides is 1. The van der Waals surface area contributed by atoms with Crippen molar-refractivity contribution in [1.82, 2.24) is 29.5 Å². The van der Waals surface area contributed by atoms with E-state index in [1.54, 1.807) is 12.3 Å². The molecule has 0 atom stereocenters. The van der Waals surface area contributed by atoms with Gasteiger partial charge < -0.3 is 20.2 Å². The lowest BCUT2D eigenvalue weighted by Gasteiger charge is -2.48. The van der Waals surface area contributed by atoms with Gasteiger partial charge in [0.15, 0.2) is 5.65 Å². The molecule has 2 aliphatic heterocycles. The molecule has 37 heavy (non-hydrogen) atoms. The number of nitrogens with zero attached hydrogens (tertiary/aromatic N) is 7. The standard InChI is InChI=1S/C24H27F3N8O2/c1-32-5-6-34(20(37)13-32)17-11-33(12-17)21-19-10-28-35(16-4-2-3-14(7-16)24(25,26)27)22(19)31-23(30-21)29-15-8-18(36)9-15/h2-4,7,10,15,17-18,36H,5-6,8-9,11-13H2,1H3,(H,29,30,31)/t15-,18+. The molecule has 2 N–H and O–H groups in total. The molecule has 196 valence electrons. The van der Waals surface area contributed by atoms with Crippen molar-refractivity contribution >= 4 is 28.7 Å². The molecule has 6 rings (SSSR count). The Morgan fingerprint density at radius 2 is 1.92 bits per heavy atom. The Hall–Kier alpha value is -3.45. The summed E-state index contributed by atoms with van der Waals surface area (Å²) in [6, 6.07) is 5.04. The molecule has 0 radical (unpaired) electrons. The second kappa shape index (κ2) is 8.84. The number of aliphatic hydroxyl groups excluding tert-OH is 1. The molecule has 3 aromatic rings. The van der Waals surface area contributed by atoms with Crippen LogP contribution in [0.25, 0.3) is 16.7 Å². The van der Waals surface area contributed by atoms with E-state index < -0.39 is 11.7 Å². The zero-order chi connectivity index (χ0) is 25.9. The van der Waals surface area contributed by atoms with E-state index in [-0.39, 0.29) is 29.8 Å². The molecule has 3 fully saturated rings. The van der Waals surface area contributed by atoms with Gasteiger partial charge in [0.25, 0.3) is 0 Å². The minimum atomic E-state index is -4.48. The van der Waals surface area contributed by atoms with Crippen LogP contribution in [0, 0.1) is 0 Å². The Kier molecular flexibility index (Phi) is 5.71. The van der Waals surface area contributed by atoms with Crippen molar-refractivity contribution < 1.29 is 23.1 Å². The number of aliphatic hydroxyl groups is 1. The lowest BCUT2D eigenvalue weighted by atomic mass is 9.90. The lowest BCUT2D eigenvalue weighted by molar-refractivity contribution is -0.139. The van der Waals surface area contributed by atoms with E-state index in [9.17, 15) is 23.1 Å². The summed E-state index contributed by atoms with van der Waals surface area (Å²) in [4.78, 5) is 27.8. The van der Waals surface area contributed by atoms with Gasteiger partial charge in [-0.25, -0.2) is 4.68 Å². The van der Waals surface area contributed by atoms with Crippen LogP contribution >= 0.6 is 0 Å². The quantitative estimate of drug-likeness (QED) is 0.529. The summed E-state index contributed by atoms with van der Waals surface area (Å²) in [5.74, 6) is 1.05. The third kappa shape index (κ3) is 4.46. The number of likely N-dealkylation sites (N-methyl/N-ethyl adjacent to an activating group) is 1. The summed E-state index contributed by atoms with van der Waals surface area (Å²) < 4.78 is 41.4. The largest absolute Gasteiger partial charge is 0.416 e. The molecule has 0 unspecified atom stereocenters. The molecule has 4 heterocycles. The van der Waals surface area contributed by atoms with Crippen molar-refractivity contribution in [1.29, 1.82) is 0 Å². The number of anilines is 2. The minimum absolute atomic E-state index is 0.0114. The van der Waals surface area contributed by atoms with E-state index in [0.29, 0.717) is 61.8 Å². The number of carbonyl (C=O) groups is 1. The molecule has 1 amide bonds. The molecule has 13 heteroatoms. The molecule has 2 saturated heterocycles. The number of piperazine rings is 1. The van der Waals surface area contributed by atoms with Crippen LogP contribution in [0.2, 0.25) is 0 Å². The van der Waals surface area contributed by atoms with Gasteiger partial charge in [0.05, 0.1) is 41.5 Å². The predicted molar refractivity (Wildman–Crippen MR) is 130 cm³/mol. The fraction of sp³-hybridized carbons (Fsp3) is 0.500. The maximum Gasteiger partial charge on any atom is 0.416 e. The molecule has 1 aliphatic carbocycles. The van der Waals surface area contributed by atoms with Crippen LogP contribution in [0.4, 0.5) is 24.9 Å². The van der Waals surface area contributed by atoms with E-state index >= 15 is 0 Å². The summed E-state index contributed by atoms with van der Waals surface area (Å²) in [7, 11) is 1.93. The van der Waals surface area contributed by atoms with Crippen molar-refractivity contribution in [3.05, 3.63) is 36.0 Å². The van der Waals surface area contributed by atoms with Gasteiger partial charge in [-0.2, -0.15) is 28.2 Å². The molecule has 0 spiro atoms. The zero-order valence-electron chi connectivity index (χ0n) is 20.2. The monoisotopic (exact) mass is 516 g/mol. The van der Waals surface area contributed by atoms with Gasteiger partial charge in [-0.15, -0.1) is 0 Å². The molecule has 3 aliphatic rings. The summed E-state index contributed by atoms with van der Waals surface area (Å²) in [6.45, 7) is 3.09. The number of carbonyl (C=O) groups excluding carboxylic acids is 1. The fourth-order valence-corrected chi connectivity index (χ4v) is 5.11. The summed E-state index contributed by atoms with van der Waals surface area (Å²) >= 11 is 0. The fourth-order valence-electron chi connectivity index (χ4n) is 5.11. The smallest absolute Gasteiger partial charge is 0.393 e. The molecular formula is C24H27F3N8O2. The maximum atomic E-state index is 13.3. The van der Waals surface area contributed by atoms with Crippen molar-refractivity contribution in [2.45, 2.75) is 37.2 Å².